The van der Waals surface area contributed by atoms with Crippen molar-refractivity contribution in [1.82, 2.24) is 0 Å². The second-order valence-corrected chi connectivity index (χ2v) is 7.48. The minimum atomic E-state index is 0.922. The Morgan fingerprint density at radius 3 is 1.36 bits per heavy atom. The van der Waals surface area contributed by atoms with Crippen molar-refractivity contribution < 1.29 is 0 Å². The van der Waals surface area contributed by atoms with E-state index >= 15 is 0 Å². The third-order valence-corrected chi connectivity index (χ3v) is 5.70. The van der Waals surface area contributed by atoms with Gasteiger partial charge in [0, 0.05) is 0 Å². The van der Waals surface area contributed by atoms with E-state index in [0.29, 0.717) is 0 Å². The lowest BCUT2D eigenvalue weighted by Crippen LogP contribution is -1.82. The zero-order valence-corrected chi connectivity index (χ0v) is 15.2. The van der Waals surface area contributed by atoms with Crippen LogP contribution >= 0.6 is 0 Å². The zero-order valence-electron chi connectivity index (χ0n) is 15.2. The summed E-state index contributed by atoms with van der Waals surface area (Å²) in [5.41, 5.74) is 0.922. The van der Waals surface area contributed by atoms with Crippen LogP contribution < -0.4 is 0 Å². The fourth-order valence-electron chi connectivity index (χ4n) is 4.25. The average Bonchev–Trinajstić information content (AvgIpc) is 2.73. The van der Waals surface area contributed by atoms with Gasteiger partial charge in [-0.25, -0.2) is 0 Å². The second-order valence-electron chi connectivity index (χ2n) is 7.48. The molecular formula is C28H16. The van der Waals surface area contributed by atoms with Gasteiger partial charge in [-0.1, -0.05) is 36.9 Å². The van der Waals surface area contributed by atoms with Gasteiger partial charge >= 0.3 is 0 Å². The van der Waals surface area contributed by atoms with Gasteiger partial charge in [0.05, 0.1) is 0 Å². The largest absolute Gasteiger partial charge is 0.0616 e. The monoisotopic (exact) mass is 352 g/mol. The van der Waals surface area contributed by atoms with Gasteiger partial charge in [0.15, 0.2) is 0 Å². The molecule has 0 saturated heterocycles. The fraction of sp³-hybridized carbons (Fsp3) is 0. The van der Waals surface area contributed by atoms with Crippen molar-refractivity contribution in [2.75, 3.05) is 0 Å². The molecule has 2 radical (unpaired) electrons. The summed E-state index contributed by atoms with van der Waals surface area (Å²) in [6, 6.07) is 34.1. The Kier molecular flexibility index (Phi) is 3.13. The van der Waals surface area contributed by atoms with Gasteiger partial charge in [-0.05, 0) is 126 Å². The highest BCUT2D eigenvalue weighted by Crippen LogP contribution is 2.32. The molecule has 0 aromatic heterocycles. The predicted molar refractivity (Wildman–Crippen MR) is 122 cm³/mol. The minimum Gasteiger partial charge on any atom is -0.0616 e. The Labute approximate surface area is 163 Å². The summed E-state index contributed by atoms with van der Waals surface area (Å²) in [5.74, 6) is 0. The third-order valence-electron chi connectivity index (χ3n) is 5.70. The van der Waals surface area contributed by atoms with E-state index in [1.165, 1.54) is 53.9 Å². The van der Waals surface area contributed by atoms with Crippen LogP contribution in [0.3, 0.4) is 0 Å². The van der Waals surface area contributed by atoms with E-state index in [4.69, 9.17) is 6.58 Å². The van der Waals surface area contributed by atoms with Crippen molar-refractivity contribution in [1.29, 1.82) is 0 Å². The lowest BCUT2D eigenvalue weighted by atomic mass is 9.96. The standard InChI is InChI=1S/C28H16/c1-2-18-7-8-21-12-25-16-27-14-23-10-19-5-3-4-6-20(19)11-24(23)15-28(27)17-26(25)13-22(21)9-18/h1-6,8-17H. The normalized spacial score (nSPS) is 11.7. The number of benzene rings is 6. The molecule has 6 aromatic carbocycles. The average molecular weight is 352 g/mol. The zero-order chi connectivity index (χ0) is 18.7. The number of rotatable bonds is 1. The Hall–Kier alpha value is -3.64. The van der Waals surface area contributed by atoms with Crippen LogP contribution in [0.25, 0.3) is 59.9 Å². The van der Waals surface area contributed by atoms with Gasteiger partial charge in [-0.3, -0.25) is 0 Å². The van der Waals surface area contributed by atoms with Crippen LogP contribution in [0.1, 0.15) is 5.56 Å². The lowest BCUT2D eigenvalue weighted by molar-refractivity contribution is 1.72. The van der Waals surface area contributed by atoms with Crippen LogP contribution in [0.15, 0.2) is 84.9 Å². The Bertz CT molecular complexity index is 1570. The summed E-state index contributed by atoms with van der Waals surface area (Å²) in [6.45, 7) is 5.66. The van der Waals surface area contributed by atoms with Crippen LogP contribution in [0, 0.1) is 12.6 Å². The van der Waals surface area contributed by atoms with E-state index < -0.39 is 0 Å². The molecule has 0 aliphatic rings. The Balaban J connectivity index is 1.67. The quantitative estimate of drug-likeness (QED) is 0.266. The van der Waals surface area contributed by atoms with Crippen LogP contribution in [0.5, 0.6) is 0 Å². The molecule has 0 N–H and O–H groups in total. The van der Waals surface area contributed by atoms with E-state index in [1.807, 2.05) is 6.07 Å². The molecule has 6 aromatic rings. The topological polar surface area (TPSA) is 0 Å². The molecule has 0 heteroatoms. The summed E-state index contributed by atoms with van der Waals surface area (Å²) in [4.78, 5) is 0. The molecule has 0 amide bonds. The SMILES string of the molecule is [CH]=Cc1[c]cc2cc3cc4cc5cc6ccccc6cc5cc4cc3cc2c1. The smallest absolute Gasteiger partial charge is 0.00988 e. The van der Waals surface area contributed by atoms with Crippen LogP contribution in [-0.4, -0.2) is 0 Å². The summed E-state index contributed by atoms with van der Waals surface area (Å²) in [5, 5.41) is 12.5. The van der Waals surface area contributed by atoms with Crippen molar-refractivity contribution in [3.05, 3.63) is 103 Å². The Morgan fingerprint density at radius 2 is 0.893 bits per heavy atom. The first-order valence-electron chi connectivity index (χ1n) is 9.47. The predicted octanol–water partition coefficient (Wildman–Crippen LogP) is 7.70. The molecule has 0 spiro atoms. The van der Waals surface area contributed by atoms with Gasteiger partial charge in [-0.2, -0.15) is 0 Å². The molecule has 0 bridgehead atoms. The third kappa shape index (κ3) is 2.32. The van der Waals surface area contributed by atoms with Gasteiger partial charge in [0.2, 0.25) is 0 Å². The molecule has 0 nitrogen and oxygen atoms in total. The van der Waals surface area contributed by atoms with Crippen molar-refractivity contribution in [2.24, 2.45) is 0 Å². The maximum atomic E-state index is 5.66. The molecule has 0 aliphatic heterocycles. The maximum absolute atomic E-state index is 5.66. The van der Waals surface area contributed by atoms with Crippen LogP contribution in [0.4, 0.5) is 0 Å². The molecular weight excluding hydrogens is 336 g/mol. The van der Waals surface area contributed by atoms with E-state index in [2.05, 4.69) is 84.9 Å². The van der Waals surface area contributed by atoms with Crippen molar-refractivity contribution >= 4 is 59.9 Å². The first-order chi connectivity index (χ1) is 13.8. The highest BCUT2D eigenvalue weighted by molar-refractivity contribution is 6.10. The molecule has 0 heterocycles. The maximum Gasteiger partial charge on any atom is -0.00988 e. The molecule has 0 saturated carbocycles. The first-order valence-corrected chi connectivity index (χ1v) is 9.47. The molecule has 0 unspecified atom stereocenters. The lowest BCUT2D eigenvalue weighted by Gasteiger charge is -2.08. The van der Waals surface area contributed by atoms with Crippen LogP contribution in [-0.2, 0) is 0 Å². The van der Waals surface area contributed by atoms with E-state index in [-0.39, 0.29) is 0 Å². The number of hydrogen-bond acceptors (Lipinski definition) is 0. The molecule has 128 valence electrons. The number of hydrogen-bond donors (Lipinski definition) is 0. The molecule has 6 rings (SSSR count). The summed E-state index contributed by atoms with van der Waals surface area (Å²) in [7, 11) is 0. The summed E-state index contributed by atoms with van der Waals surface area (Å²) < 4.78 is 0. The molecule has 0 aliphatic carbocycles. The van der Waals surface area contributed by atoms with E-state index in [9.17, 15) is 0 Å². The highest BCUT2D eigenvalue weighted by Gasteiger charge is 2.05. The second kappa shape index (κ2) is 5.68. The molecule has 28 heavy (non-hydrogen) atoms. The van der Waals surface area contributed by atoms with Gasteiger partial charge in [0.1, 0.15) is 0 Å². The summed E-state index contributed by atoms with van der Waals surface area (Å²) in [6.07, 6.45) is 1.60. The fourth-order valence-corrected chi connectivity index (χ4v) is 4.25. The van der Waals surface area contributed by atoms with Gasteiger partial charge in [-0.15, -0.1) is 0 Å². The first kappa shape index (κ1) is 15.4. The molecule has 0 atom stereocenters. The minimum absolute atomic E-state index is 0.922. The van der Waals surface area contributed by atoms with Crippen molar-refractivity contribution in [3.8, 4) is 0 Å². The van der Waals surface area contributed by atoms with E-state index in [1.54, 1.807) is 6.08 Å². The van der Waals surface area contributed by atoms with Crippen molar-refractivity contribution in [3.63, 3.8) is 0 Å². The summed E-state index contributed by atoms with van der Waals surface area (Å²) >= 11 is 0. The van der Waals surface area contributed by atoms with E-state index in [0.717, 1.165) is 5.56 Å². The van der Waals surface area contributed by atoms with Crippen LogP contribution in [0.2, 0.25) is 0 Å². The van der Waals surface area contributed by atoms with Crippen molar-refractivity contribution in [2.45, 2.75) is 0 Å². The Morgan fingerprint density at radius 1 is 0.500 bits per heavy atom. The number of fused-ring (bicyclic) bond motifs is 5. The highest BCUT2D eigenvalue weighted by atomic mass is 14.1. The molecule has 0 fully saturated rings. The van der Waals surface area contributed by atoms with Gasteiger partial charge in [0.25, 0.3) is 0 Å². The van der Waals surface area contributed by atoms with Gasteiger partial charge < -0.3 is 0 Å².